The first-order valence-corrected chi connectivity index (χ1v) is 11.9. The lowest BCUT2D eigenvalue weighted by atomic mass is 9.93. The number of hydrogen-bond donors (Lipinski definition) is 2. The van der Waals surface area contributed by atoms with Crippen molar-refractivity contribution in [1.29, 1.82) is 0 Å². The molecule has 2 aromatic rings. The van der Waals surface area contributed by atoms with E-state index in [0.29, 0.717) is 10.7 Å². The van der Waals surface area contributed by atoms with Crippen molar-refractivity contribution in [2.45, 2.75) is 76.5 Å². The molecular weight excluding hydrogens is 442 g/mol. The Bertz CT molecular complexity index is 1140. The van der Waals surface area contributed by atoms with E-state index < -0.39 is 11.4 Å². The third-order valence-electron chi connectivity index (χ3n) is 7.01. The number of hydrogen-bond acceptors (Lipinski definition) is 4. The highest BCUT2D eigenvalue weighted by Crippen LogP contribution is 2.39. The van der Waals surface area contributed by atoms with Crippen LogP contribution in [-0.4, -0.2) is 49.8 Å². The average molecular weight is 470 g/mol. The minimum Gasteiger partial charge on any atom is -0.351 e. The van der Waals surface area contributed by atoms with Gasteiger partial charge in [-0.15, -0.1) is 0 Å². The molecule has 0 spiro atoms. The Hall–Kier alpha value is -2.87. The van der Waals surface area contributed by atoms with Crippen LogP contribution in [0, 0.1) is 6.92 Å². The largest absolute Gasteiger partial charge is 0.351 e. The quantitative estimate of drug-likeness (QED) is 0.700. The van der Waals surface area contributed by atoms with Crippen LogP contribution in [0.25, 0.3) is 0 Å². The fraction of sp³-hybridized carbons (Fsp3) is 0.500. The van der Waals surface area contributed by atoms with Crippen molar-refractivity contribution >= 4 is 35.0 Å². The SMILES string of the molecule is Cc1cc(Cl)ccc1NC(=O)c1ncn2c1C(=O)N(C1CC1)[C@](C)(C(=O)NC1CCCC1)C2. The standard InChI is InChI=1S/C24H28ClN5O3/c1-14-11-15(25)7-10-18(14)28-21(31)19-20-22(32)30(17-8-9-17)24(2,12-29(20)13-26-19)23(33)27-16-5-3-4-6-16/h7,10-11,13,16-17H,3-6,8-9,12H2,1-2H3,(H,27,33)(H,28,31)/t24-/m0/s1. The summed E-state index contributed by atoms with van der Waals surface area (Å²) < 4.78 is 1.65. The van der Waals surface area contributed by atoms with Crippen LogP contribution in [0.4, 0.5) is 5.69 Å². The van der Waals surface area contributed by atoms with E-state index in [2.05, 4.69) is 15.6 Å². The van der Waals surface area contributed by atoms with Crippen molar-refractivity contribution in [2.24, 2.45) is 0 Å². The van der Waals surface area contributed by atoms with Crippen LogP contribution >= 0.6 is 11.6 Å². The molecule has 1 atom stereocenters. The van der Waals surface area contributed by atoms with E-state index in [1.165, 1.54) is 6.33 Å². The molecule has 174 valence electrons. The van der Waals surface area contributed by atoms with Crippen LogP contribution in [-0.2, 0) is 11.3 Å². The van der Waals surface area contributed by atoms with Gasteiger partial charge in [-0.05, 0) is 63.3 Å². The van der Waals surface area contributed by atoms with Gasteiger partial charge in [0.1, 0.15) is 11.2 Å². The molecule has 0 saturated heterocycles. The number of halogens is 1. The van der Waals surface area contributed by atoms with Gasteiger partial charge in [0.15, 0.2) is 5.69 Å². The highest BCUT2D eigenvalue weighted by molar-refractivity contribution is 6.30. The van der Waals surface area contributed by atoms with Crippen LogP contribution in [0.3, 0.4) is 0 Å². The molecule has 9 heteroatoms. The Morgan fingerprint density at radius 3 is 2.58 bits per heavy atom. The van der Waals surface area contributed by atoms with Crippen molar-refractivity contribution in [3.63, 3.8) is 0 Å². The zero-order valence-corrected chi connectivity index (χ0v) is 19.6. The number of amides is 3. The molecule has 2 aliphatic carbocycles. The van der Waals surface area contributed by atoms with Gasteiger partial charge in [0.25, 0.3) is 11.8 Å². The maximum atomic E-state index is 13.7. The zero-order valence-electron chi connectivity index (χ0n) is 18.9. The van der Waals surface area contributed by atoms with Gasteiger partial charge in [0, 0.05) is 22.8 Å². The first-order valence-electron chi connectivity index (χ1n) is 11.5. The summed E-state index contributed by atoms with van der Waals surface area (Å²) in [6.07, 6.45) is 7.39. The molecule has 33 heavy (non-hydrogen) atoms. The molecule has 0 radical (unpaired) electrons. The van der Waals surface area contributed by atoms with E-state index in [-0.39, 0.29) is 41.8 Å². The van der Waals surface area contributed by atoms with Crippen LogP contribution < -0.4 is 10.6 Å². The number of nitrogens with one attached hydrogen (secondary N) is 2. The smallest absolute Gasteiger partial charge is 0.276 e. The van der Waals surface area contributed by atoms with Crippen molar-refractivity contribution in [3.05, 3.63) is 46.5 Å². The molecular formula is C24H28ClN5O3. The summed E-state index contributed by atoms with van der Waals surface area (Å²) in [7, 11) is 0. The minimum absolute atomic E-state index is 0.00917. The predicted octanol–water partition coefficient (Wildman–Crippen LogP) is 3.53. The first-order chi connectivity index (χ1) is 15.8. The van der Waals surface area contributed by atoms with Crippen molar-refractivity contribution in [1.82, 2.24) is 19.8 Å². The van der Waals surface area contributed by atoms with Crippen LogP contribution in [0.2, 0.25) is 5.02 Å². The second-order valence-corrected chi connectivity index (χ2v) is 10.1. The molecule has 1 aliphatic heterocycles. The van der Waals surface area contributed by atoms with E-state index in [9.17, 15) is 14.4 Å². The third kappa shape index (κ3) is 3.90. The summed E-state index contributed by atoms with van der Waals surface area (Å²) in [6.45, 7) is 3.94. The fourth-order valence-electron chi connectivity index (χ4n) is 5.08. The molecule has 3 aliphatic rings. The van der Waals surface area contributed by atoms with Crippen LogP contribution in [0.15, 0.2) is 24.5 Å². The highest BCUT2D eigenvalue weighted by atomic mass is 35.5. The van der Waals surface area contributed by atoms with Gasteiger partial charge < -0.3 is 20.1 Å². The predicted molar refractivity (Wildman–Crippen MR) is 124 cm³/mol. The summed E-state index contributed by atoms with van der Waals surface area (Å²) in [5, 5.41) is 6.59. The van der Waals surface area contributed by atoms with Gasteiger partial charge in [-0.3, -0.25) is 14.4 Å². The molecule has 3 amide bonds. The van der Waals surface area contributed by atoms with E-state index in [1.54, 1.807) is 27.7 Å². The van der Waals surface area contributed by atoms with Crippen molar-refractivity contribution < 1.29 is 14.4 Å². The molecule has 0 bridgehead atoms. The van der Waals surface area contributed by atoms with E-state index >= 15 is 0 Å². The van der Waals surface area contributed by atoms with Crippen molar-refractivity contribution in [2.75, 3.05) is 5.32 Å². The Morgan fingerprint density at radius 1 is 1.18 bits per heavy atom. The number of anilines is 1. The van der Waals surface area contributed by atoms with Gasteiger partial charge in [-0.2, -0.15) is 0 Å². The monoisotopic (exact) mass is 469 g/mol. The minimum atomic E-state index is -1.02. The lowest BCUT2D eigenvalue weighted by Gasteiger charge is -2.44. The van der Waals surface area contributed by atoms with Gasteiger partial charge in [-0.1, -0.05) is 24.4 Å². The Kier molecular flexibility index (Phi) is 5.43. The average Bonchev–Trinajstić information content (AvgIpc) is 3.28. The summed E-state index contributed by atoms with van der Waals surface area (Å²) in [5.41, 5.74) is 0.699. The van der Waals surface area contributed by atoms with Gasteiger partial charge in [-0.25, -0.2) is 4.98 Å². The second kappa shape index (κ2) is 8.17. The molecule has 5 rings (SSSR count). The topological polar surface area (TPSA) is 96.3 Å². The van der Waals surface area contributed by atoms with Gasteiger partial charge >= 0.3 is 0 Å². The van der Waals surface area contributed by atoms with Crippen LogP contribution in [0.1, 0.15) is 72.0 Å². The fourth-order valence-corrected chi connectivity index (χ4v) is 5.31. The number of rotatable bonds is 5. The molecule has 2 N–H and O–H groups in total. The summed E-state index contributed by atoms with van der Waals surface area (Å²) >= 11 is 6.01. The molecule has 1 aromatic carbocycles. The molecule has 2 fully saturated rings. The Balaban J connectivity index is 1.44. The zero-order chi connectivity index (χ0) is 23.3. The second-order valence-electron chi connectivity index (χ2n) is 9.62. The molecule has 1 aromatic heterocycles. The number of fused-ring (bicyclic) bond motifs is 1. The summed E-state index contributed by atoms with van der Waals surface area (Å²) in [5.74, 6) is -0.905. The highest BCUT2D eigenvalue weighted by Gasteiger charge is 2.54. The van der Waals surface area contributed by atoms with Crippen molar-refractivity contribution in [3.8, 4) is 0 Å². The van der Waals surface area contributed by atoms with Crippen LogP contribution in [0.5, 0.6) is 0 Å². The van der Waals surface area contributed by atoms with Gasteiger partial charge in [0.2, 0.25) is 5.91 Å². The van der Waals surface area contributed by atoms with Gasteiger partial charge in [0.05, 0.1) is 12.9 Å². The summed E-state index contributed by atoms with van der Waals surface area (Å²) in [4.78, 5) is 46.1. The third-order valence-corrected chi connectivity index (χ3v) is 7.25. The first kappa shape index (κ1) is 21.9. The molecule has 0 unspecified atom stereocenters. The van der Waals surface area contributed by atoms with E-state index in [4.69, 9.17) is 11.6 Å². The van der Waals surface area contributed by atoms with E-state index in [1.807, 2.05) is 13.8 Å². The number of imidazole rings is 1. The molecule has 2 saturated carbocycles. The Morgan fingerprint density at radius 2 is 1.91 bits per heavy atom. The number of nitrogens with zero attached hydrogens (tertiary/aromatic N) is 3. The maximum absolute atomic E-state index is 13.7. The normalized spacial score (nSPS) is 22.9. The molecule has 8 nitrogen and oxygen atoms in total. The Labute approximate surface area is 197 Å². The summed E-state index contributed by atoms with van der Waals surface area (Å²) in [6, 6.07) is 5.35. The maximum Gasteiger partial charge on any atom is 0.276 e. The lowest BCUT2D eigenvalue weighted by Crippen LogP contribution is -2.65. The number of carbonyl (C=O) groups is 3. The van der Waals surface area contributed by atoms with E-state index in [0.717, 1.165) is 44.1 Å². The number of aryl methyl sites for hydroxylation is 1. The number of aromatic nitrogens is 2. The number of benzene rings is 1. The molecule has 2 heterocycles. The lowest BCUT2D eigenvalue weighted by molar-refractivity contribution is -0.134. The number of carbonyl (C=O) groups excluding carboxylic acids is 3.